The third kappa shape index (κ3) is 5.78. The Kier molecular flexibility index (Phi) is 7.91. The van der Waals surface area contributed by atoms with Crippen LogP contribution in [0.25, 0.3) is 5.69 Å². The van der Waals surface area contributed by atoms with Gasteiger partial charge >= 0.3 is 6.01 Å². The van der Waals surface area contributed by atoms with Crippen LogP contribution in [-0.2, 0) is 13.1 Å². The second kappa shape index (κ2) is 11.1. The highest BCUT2D eigenvalue weighted by molar-refractivity contribution is 5.45. The Labute approximate surface area is 186 Å². The average Bonchev–Trinajstić information content (AvgIpc) is 3.25. The molecule has 2 aromatic heterocycles. The van der Waals surface area contributed by atoms with Crippen LogP contribution in [0.2, 0.25) is 0 Å². The van der Waals surface area contributed by atoms with E-state index in [1.54, 1.807) is 10.9 Å². The van der Waals surface area contributed by atoms with Gasteiger partial charge in [0.1, 0.15) is 0 Å². The van der Waals surface area contributed by atoms with Crippen LogP contribution in [0, 0.1) is 0 Å². The number of benzene rings is 2. The molecule has 0 unspecified atom stereocenters. The van der Waals surface area contributed by atoms with E-state index in [9.17, 15) is 0 Å². The van der Waals surface area contributed by atoms with Crippen LogP contribution in [0.15, 0.2) is 73.1 Å². The lowest BCUT2D eigenvalue weighted by molar-refractivity contribution is -0.00000730. The number of hydrogen-bond donors (Lipinski definition) is 1. The molecule has 0 atom stereocenters. The zero-order valence-corrected chi connectivity index (χ0v) is 17.7. The highest BCUT2D eigenvalue weighted by atomic mass is 35.5. The second-order valence-electron chi connectivity index (χ2n) is 6.49. The monoisotopic (exact) mass is 437 g/mol. The van der Waals surface area contributed by atoms with Gasteiger partial charge in [0.25, 0.3) is 0 Å². The number of para-hydroxylation sites is 1. The Hall–Kier alpha value is -3.49. The van der Waals surface area contributed by atoms with Crippen LogP contribution in [0.3, 0.4) is 0 Å². The van der Waals surface area contributed by atoms with Crippen molar-refractivity contribution in [3.05, 3.63) is 84.2 Å². The predicted molar refractivity (Wildman–Crippen MR) is 112 cm³/mol. The maximum atomic E-state index is 5.99. The van der Waals surface area contributed by atoms with E-state index in [-0.39, 0.29) is 18.4 Å². The quantitative estimate of drug-likeness (QED) is 0.409. The van der Waals surface area contributed by atoms with Crippen molar-refractivity contribution >= 4 is 0 Å². The molecule has 0 aliphatic carbocycles. The van der Waals surface area contributed by atoms with E-state index in [1.807, 2.05) is 73.8 Å². The van der Waals surface area contributed by atoms with Crippen LogP contribution >= 0.6 is 0 Å². The number of nitrogens with zero attached hydrogens (tertiary/aromatic N) is 5. The van der Waals surface area contributed by atoms with Crippen molar-refractivity contribution < 1.29 is 21.9 Å². The van der Waals surface area contributed by atoms with E-state index in [0.29, 0.717) is 24.7 Å². The lowest BCUT2D eigenvalue weighted by atomic mass is 10.2. The zero-order valence-electron chi connectivity index (χ0n) is 17.0. The van der Waals surface area contributed by atoms with Crippen molar-refractivity contribution in [2.24, 2.45) is 0 Å². The molecule has 0 spiro atoms. The molecule has 0 fully saturated rings. The van der Waals surface area contributed by atoms with Crippen molar-refractivity contribution in [1.29, 1.82) is 0 Å². The molecule has 4 rings (SSSR count). The molecule has 9 heteroatoms. The normalized spacial score (nSPS) is 10.4. The smallest absolute Gasteiger partial charge is 0.346 e. The maximum Gasteiger partial charge on any atom is 0.346 e. The minimum Gasteiger partial charge on any atom is -1.00 e. The average molecular weight is 438 g/mol. The Morgan fingerprint density at radius 2 is 1.77 bits per heavy atom. The molecule has 160 valence electrons. The molecule has 31 heavy (non-hydrogen) atoms. The summed E-state index contributed by atoms with van der Waals surface area (Å²) in [6.07, 6.45) is 3.62. The summed E-state index contributed by atoms with van der Waals surface area (Å²) in [6, 6.07) is 19.6. The van der Waals surface area contributed by atoms with E-state index in [4.69, 9.17) is 9.47 Å². The number of nitrogens with one attached hydrogen (secondary N) is 1. The van der Waals surface area contributed by atoms with E-state index in [2.05, 4.69) is 25.8 Å². The first-order valence-corrected chi connectivity index (χ1v) is 9.70. The largest absolute Gasteiger partial charge is 1.00 e. The minimum atomic E-state index is 0. The van der Waals surface area contributed by atoms with Gasteiger partial charge in [-0.1, -0.05) is 35.4 Å². The number of aromatic nitrogens is 5. The van der Waals surface area contributed by atoms with Crippen molar-refractivity contribution in [1.82, 2.24) is 30.5 Å². The van der Waals surface area contributed by atoms with Gasteiger partial charge in [0, 0.05) is 25.5 Å². The first-order valence-electron chi connectivity index (χ1n) is 9.70. The zero-order chi connectivity index (χ0) is 20.6. The molecule has 0 saturated carbocycles. The van der Waals surface area contributed by atoms with Gasteiger partial charge in [-0.15, -0.1) is 0 Å². The van der Waals surface area contributed by atoms with Crippen LogP contribution in [0.5, 0.6) is 17.5 Å². The standard InChI is InChI=1S/C22H22N6O2.ClH/c1-2-29-21-13-17(14-24-16-18-7-6-12-23-15-18)10-11-20(21)30-22-25-26-27-28(22)19-8-4-3-5-9-19;/h3-13,15,24H,2,14,16H2,1H3;1H/p-1. The molecule has 0 radical (unpaired) electrons. The van der Waals surface area contributed by atoms with Gasteiger partial charge in [0.2, 0.25) is 0 Å². The fourth-order valence-corrected chi connectivity index (χ4v) is 2.94. The summed E-state index contributed by atoms with van der Waals surface area (Å²) in [7, 11) is 0. The molecular weight excluding hydrogens is 416 g/mol. The number of tetrazole rings is 1. The van der Waals surface area contributed by atoms with Crippen LogP contribution in [0.1, 0.15) is 18.1 Å². The molecule has 2 heterocycles. The van der Waals surface area contributed by atoms with Crippen LogP contribution in [0.4, 0.5) is 0 Å². The van der Waals surface area contributed by atoms with E-state index >= 15 is 0 Å². The van der Waals surface area contributed by atoms with Crippen molar-refractivity contribution in [3.8, 4) is 23.2 Å². The van der Waals surface area contributed by atoms with Crippen LogP contribution < -0.4 is 27.2 Å². The third-order valence-corrected chi connectivity index (χ3v) is 4.33. The summed E-state index contributed by atoms with van der Waals surface area (Å²) in [4.78, 5) is 4.13. The summed E-state index contributed by atoms with van der Waals surface area (Å²) in [5.41, 5.74) is 3.03. The number of hydrogen-bond acceptors (Lipinski definition) is 7. The summed E-state index contributed by atoms with van der Waals surface area (Å²) in [5.74, 6) is 1.20. The molecule has 2 aromatic carbocycles. The summed E-state index contributed by atoms with van der Waals surface area (Å²) in [5, 5.41) is 15.2. The van der Waals surface area contributed by atoms with Gasteiger partial charge in [-0.2, -0.15) is 4.68 Å². The van der Waals surface area contributed by atoms with Gasteiger partial charge in [-0.05, 0) is 58.8 Å². The van der Waals surface area contributed by atoms with Crippen molar-refractivity contribution in [3.63, 3.8) is 0 Å². The number of ether oxygens (including phenoxy) is 2. The molecule has 0 aliphatic heterocycles. The lowest BCUT2D eigenvalue weighted by Crippen LogP contribution is -3.00. The molecule has 0 aliphatic rings. The summed E-state index contributed by atoms with van der Waals surface area (Å²) >= 11 is 0. The first kappa shape index (κ1) is 22.2. The van der Waals surface area contributed by atoms with Crippen molar-refractivity contribution in [2.45, 2.75) is 20.0 Å². The molecule has 0 bridgehead atoms. The number of rotatable bonds is 9. The molecule has 4 aromatic rings. The fourth-order valence-electron chi connectivity index (χ4n) is 2.94. The number of halogens is 1. The minimum absolute atomic E-state index is 0. The molecular formula is C22H22ClN6O2-. The first-order chi connectivity index (χ1) is 14.8. The molecule has 1 N–H and O–H groups in total. The number of pyridine rings is 1. The van der Waals surface area contributed by atoms with E-state index in [0.717, 1.165) is 23.4 Å². The fraction of sp³-hybridized carbons (Fsp3) is 0.182. The molecule has 8 nitrogen and oxygen atoms in total. The van der Waals surface area contributed by atoms with Gasteiger partial charge in [0.15, 0.2) is 11.5 Å². The Morgan fingerprint density at radius 1 is 0.935 bits per heavy atom. The maximum absolute atomic E-state index is 5.99. The summed E-state index contributed by atoms with van der Waals surface area (Å²) < 4.78 is 13.3. The van der Waals surface area contributed by atoms with Crippen LogP contribution in [-0.4, -0.2) is 31.8 Å². The Bertz CT molecular complexity index is 1080. The molecule has 0 saturated heterocycles. The SMILES string of the molecule is CCOc1cc(CNCc2cccnc2)ccc1Oc1nnnn1-c1ccccc1.[Cl-]. The Balaban J connectivity index is 0.00000272. The highest BCUT2D eigenvalue weighted by Gasteiger charge is 2.14. The van der Waals surface area contributed by atoms with Gasteiger partial charge in [0.05, 0.1) is 12.3 Å². The second-order valence-corrected chi connectivity index (χ2v) is 6.49. The highest BCUT2D eigenvalue weighted by Crippen LogP contribution is 2.32. The third-order valence-electron chi connectivity index (χ3n) is 4.33. The van der Waals surface area contributed by atoms with E-state index < -0.39 is 0 Å². The van der Waals surface area contributed by atoms with Gasteiger partial charge in [-0.3, -0.25) is 4.98 Å². The predicted octanol–water partition coefficient (Wildman–Crippen LogP) is 0.542. The van der Waals surface area contributed by atoms with Gasteiger partial charge < -0.3 is 27.2 Å². The topological polar surface area (TPSA) is 87.0 Å². The van der Waals surface area contributed by atoms with E-state index in [1.165, 1.54) is 0 Å². The van der Waals surface area contributed by atoms with Gasteiger partial charge in [-0.25, -0.2) is 0 Å². The lowest BCUT2D eigenvalue weighted by Gasteiger charge is -2.13. The van der Waals surface area contributed by atoms with Crippen molar-refractivity contribution in [2.75, 3.05) is 6.61 Å². The summed E-state index contributed by atoms with van der Waals surface area (Å²) in [6.45, 7) is 3.89. The molecule has 0 amide bonds. The Morgan fingerprint density at radius 3 is 2.55 bits per heavy atom.